The molecule has 7 heteroatoms. The van der Waals surface area contributed by atoms with Crippen molar-refractivity contribution < 1.29 is 23.5 Å². The molecule has 0 spiro atoms. The number of hydrogen-bond donors (Lipinski definition) is 1. The summed E-state index contributed by atoms with van der Waals surface area (Å²) >= 11 is 0. The first kappa shape index (κ1) is 39.7. The Kier molecular flexibility index (Phi) is 14.2. The van der Waals surface area contributed by atoms with Crippen LogP contribution in [0.25, 0.3) is 0 Å². The molecule has 0 radical (unpaired) electrons. The van der Waals surface area contributed by atoms with Crippen LogP contribution in [-0.4, -0.2) is 53.1 Å². The van der Waals surface area contributed by atoms with Gasteiger partial charge in [0, 0.05) is 18.3 Å². The molecule has 0 heterocycles. The van der Waals surface area contributed by atoms with Crippen LogP contribution in [0.5, 0.6) is 0 Å². The van der Waals surface area contributed by atoms with Crippen LogP contribution in [0.2, 0.25) is 36.3 Å². The van der Waals surface area contributed by atoms with Gasteiger partial charge in [-0.1, -0.05) is 89.8 Å². The Morgan fingerprint density at radius 1 is 1.09 bits per heavy atom. The van der Waals surface area contributed by atoms with E-state index in [2.05, 4.69) is 129 Å². The molecule has 0 bridgehead atoms. The minimum Gasteiger partial charge on any atom is -0.459 e. The molecule has 256 valence electrons. The summed E-state index contributed by atoms with van der Waals surface area (Å²) in [7, 11) is -2.67. The van der Waals surface area contributed by atoms with Crippen LogP contribution in [0.15, 0.2) is 35.5 Å². The van der Waals surface area contributed by atoms with E-state index in [0.717, 1.165) is 32.1 Å². The molecule has 0 aromatic carbocycles. The van der Waals surface area contributed by atoms with Gasteiger partial charge in [-0.25, -0.2) is 4.79 Å². The zero-order valence-corrected chi connectivity index (χ0v) is 33.2. The van der Waals surface area contributed by atoms with E-state index < -0.39 is 28.7 Å². The van der Waals surface area contributed by atoms with E-state index in [4.69, 9.17) is 8.85 Å². The molecule has 0 aromatic heterocycles. The van der Waals surface area contributed by atoms with Gasteiger partial charge in [0.05, 0.1) is 19.3 Å². The van der Waals surface area contributed by atoms with Crippen molar-refractivity contribution in [3.05, 3.63) is 35.5 Å². The van der Waals surface area contributed by atoms with Crippen LogP contribution in [0.3, 0.4) is 0 Å². The molecule has 1 fully saturated rings. The quantitative estimate of drug-likeness (QED) is 0.0702. The Morgan fingerprint density at radius 2 is 1.71 bits per heavy atom. The first-order chi connectivity index (χ1) is 20.6. The van der Waals surface area contributed by atoms with Gasteiger partial charge in [-0.2, -0.15) is 0 Å². The van der Waals surface area contributed by atoms with Crippen molar-refractivity contribution in [3.63, 3.8) is 0 Å². The summed E-state index contributed by atoms with van der Waals surface area (Å²) < 4.78 is 18.8. The second-order valence-electron chi connectivity index (χ2n) is 17.1. The van der Waals surface area contributed by atoms with Crippen molar-refractivity contribution in [2.75, 3.05) is 7.11 Å². The van der Waals surface area contributed by atoms with Gasteiger partial charge in [-0.05, 0) is 100.0 Å². The highest BCUT2D eigenvalue weighted by molar-refractivity contribution is 6.74. The van der Waals surface area contributed by atoms with Gasteiger partial charge in [0.15, 0.2) is 16.6 Å². The van der Waals surface area contributed by atoms with Gasteiger partial charge in [-0.3, -0.25) is 0 Å². The molecule has 0 amide bonds. The molecular formula is C38H66O5Si2. The van der Waals surface area contributed by atoms with E-state index >= 15 is 0 Å². The van der Waals surface area contributed by atoms with Gasteiger partial charge < -0.3 is 18.7 Å². The molecule has 2 aliphatic rings. The highest BCUT2D eigenvalue weighted by Crippen LogP contribution is 2.51. The maximum atomic E-state index is 11.4. The van der Waals surface area contributed by atoms with Crippen molar-refractivity contribution in [1.29, 1.82) is 0 Å². The fraction of sp³-hybridized carbons (Fsp3) is 0.763. The molecule has 0 unspecified atom stereocenters. The standard InChI is InChI=1S/C38H66O5Si2/c1-27(2)16-15-17-28(3)22-32(42-44(11,12)37(4,5)6)19-20-33-34-25-29(24-31(39)18-21-36(40)41-10)23-30(34)26-35(33)43-45(13,14)38(7,8)9/h16,19-20,23,28,30-35,39H,15,17,22,24-26H2,1-14H3/b20-19+/t28-,30+,31+,32-,33-,34+,35-/m1/s1. The Balaban J connectivity index is 2.37. The predicted octanol–water partition coefficient (Wildman–Crippen LogP) is 9.61. The lowest BCUT2D eigenvalue weighted by Crippen LogP contribution is -2.45. The Hall–Kier alpha value is -1.44. The number of methoxy groups -OCH3 is 1. The summed E-state index contributed by atoms with van der Waals surface area (Å²) in [6.45, 7) is 30.0. The number of aliphatic hydroxyl groups is 1. The van der Waals surface area contributed by atoms with Crippen LogP contribution in [0.4, 0.5) is 0 Å². The molecular weight excluding hydrogens is 593 g/mol. The lowest BCUT2D eigenvalue weighted by molar-refractivity contribution is -0.133. The fourth-order valence-corrected chi connectivity index (χ4v) is 8.70. The van der Waals surface area contributed by atoms with Crippen molar-refractivity contribution in [3.8, 4) is 11.8 Å². The third kappa shape index (κ3) is 11.9. The average molecular weight is 659 g/mol. The molecule has 2 aliphatic carbocycles. The summed E-state index contributed by atoms with van der Waals surface area (Å²) in [5, 5.41) is 10.8. The van der Waals surface area contributed by atoms with E-state index in [0.29, 0.717) is 24.2 Å². The van der Waals surface area contributed by atoms with Crippen molar-refractivity contribution >= 4 is 22.6 Å². The largest absolute Gasteiger partial charge is 0.459 e. The number of carbonyl (C=O) groups excluding carboxylic acids is 1. The van der Waals surface area contributed by atoms with Gasteiger partial charge in [0.1, 0.15) is 6.10 Å². The maximum absolute atomic E-state index is 11.4. The van der Waals surface area contributed by atoms with Crippen LogP contribution in [0.1, 0.15) is 101 Å². The molecule has 1 N–H and O–H groups in total. The zero-order valence-electron chi connectivity index (χ0n) is 31.2. The van der Waals surface area contributed by atoms with Crippen LogP contribution in [-0.2, 0) is 18.4 Å². The highest BCUT2D eigenvalue weighted by atomic mass is 28.4. The topological polar surface area (TPSA) is 65.0 Å². The third-order valence-electron chi connectivity index (χ3n) is 10.8. The monoisotopic (exact) mass is 658 g/mol. The molecule has 0 saturated heterocycles. The summed E-state index contributed by atoms with van der Waals surface area (Å²) in [6.07, 6.45) is 14.6. The van der Waals surface area contributed by atoms with E-state index in [-0.39, 0.29) is 28.2 Å². The SMILES string of the molecule is COC(=O)C#C[C@H](O)CC1=C[C@H]2C[C@@H](O[Si](C)(C)C(C)(C)C)[C@H](/C=C/[C@H](C[C@H](C)CCC=C(C)C)O[Si](C)(C)C(C)(C)C)[C@H]2C1. The number of esters is 1. The predicted molar refractivity (Wildman–Crippen MR) is 194 cm³/mol. The Labute approximate surface area is 278 Å². The van der Waals surface area contributed by atoms with Crippen LogP contribution < -0.4 is 0 Å². The number of rotatable bonds is 13. The zero-order chi connectivity index (χ0) is 34.4. The van der Waals surface area contributed by atoms with Gasteiger partial charge in [0.2, 0.25) is 0 Å². The lowest BCUT2D eigenvalue weighted by Gasteiger charge is -2.40. The van der Waals surface area contributed by atoms with Gasteiger partial charge in [0.25, 0.3) is 0 Å². The molecule has 5 nitrogen and oxygen atoms in total. The molecule has 1 saturated carbocycles. The molecule has 0 aromatic rings. The summed E-state index contributed by atoms with van der Waals surface area (Å²) in [4.78, 5) is 11.4. The van der Waals surface area contributed by atoms with E-state index in [1.165, 1.54) is 18.3 Å². The first-order valence-electron chi connectivity index (χ1n) is 17.2. The number of fused-ring (bicyclic) bond motifs is 1. The van der Waals surface area contributed by atoms with Crippen molar-refractivity contribution in [2.45, 2.75) is 155 Å². The summed E-state index contributed by atoms with van der Waals surface area (Å²) in [5.74, 6) is 6.08. The van der Waals surface area contributed by atoms with Crippen molar-refractivity contribution in [1.82, 2.24) is 0 Å². The smallest absolute Gasteiger partial charge is 0.384 e. The molecule has 2 rings (SSSR count). The van der Waals surface area contributed by atoms with E-state index in [1.807, 2.05) is 0 Å². The van der Waals surface area contributed by atoms with Crippen LogP contribution >= 0.6 is 0 Å². The number of allylic oxidation sites excluding steroid dienone is 3. The van der Waals surface area contributed by atoms with E-state index in [9.17, 15) is 9.90 Å². The molecule has 0 aliphatic heterocycles. The number of ether oxygens (including phenoxy) is 1. The van der Waals surface area contributed by atoms with Gasteiger partial charge >= 0.3 is 5.97 Å². The minimum atomic E-state index is -1.99. The Morgan fingerprint density at radius 3 is 2.27 bits per heavy atom. The van der Waals surface area contributed by atoms with E-state index in [1.54, 1.807) is 0 Å². The summed E-state index contributed by atoms with van der Waals surface area (Å²) in [5.41, 5.74) is 2.61. The third-order valence-corrected chi connectivity index (χ3v) is 19.8. The minimum absolute atomic E-state index is 0.0735. The number of carbonyl (C=O) groups is 1. The highest BCUT2D eigenvalue weighted by Gasteiger charge is 2.49. The summed E-state index contributed by atoms with van der Waals surface area (Å²) in [6, 6.07) is 0. The normalized spacial score (nSPS) is 24.4. The van der Waals surface area contributed by atoms with Crippen LogP contribution in [0, 0.1) is 35.5 Å². The maximum Gasteiger partial charge on any atom is 0.384 e. The Bertz CT molecular complexity index is 1140. The average Bonchev–Trinajstić information content (AvgIpc) is 3.40. The lowest BCUT2D eigenvalue weighted by atomic mass is 9.88. The fourth-order valence-electron chi connectivity index (χ4n) is 6.05. The second-order valence-corrected chi connectivity index (χ2v) is 26.6. The number of hydrogen-bond acceptors (Lipinski definition) is 5. The molecule has 45 heavy (non-hydrogen) atoms. The number of aliphatic hydroxyl groups excluding tert-OH is 1. The second kappa shape index (κ2) is 16.1. The first-order valence-corrected chi connectivity index (χ1v) is 23.0. The van der Waals surface area contributed by atoms with Crippen molar-refractivity contribution in [2.24, 2.45) is 23.7 Å². The molecule has 7 atom stereocenters. The van der Waals surface area contributed by atoms with Gasteiger partial charge in [-0.15, -0.1) is 0 Å².